The summed E-state index contributed by atoms with van der Waals surface area (Å²) in [5.74, 6) is 1.20. The van der Waals surface area contributed by atoms with Gasteiger partial charge in [0.2, 0.25) is 0 Å². The van der Waals surface area contributed by atoms with Crippen LogP contribution in [-0.2, 0) is 0 Å². The highest BCUT2D eigenvalue weighted by atomic mass is 16.5. The lowest BCUT2D eigenvalue weighted by molar-refractivity contribution is 0.102. The van der Waals surface area contributed by atoms with Crippen LogP contribution in [-0.4, -0.2) is 22.3 Å². The summed E-state index contributed by atoms with van der Waals surface area (Å²) in [5, 5.41) is 7.34. The van der Waals surface area contributed by atoms with E-state index in [0.717, 1.165) is 18.7 Å². The third kappa shape index (κ3) is 2.98. The molecule has 0 radical (unpaired) electrons. The average Bonchev–Trinajstić information content (AvgIpc) is 3.18. The minimum absolute atomic E-state index is 0.163. The molecule has 1 saturated carbocycles. The van der Waals surface area contributed by atoms with Gasteiger partial charge in [-0.3, -0.25) is 4.79 Å². The fourth-order valence-corrected chi connectivity index (χ4v) is 2.97. The van der Waals surface area contributed by atoms with E-state index in [1.54, 1.807) is 12.3 Å². The molecule has 0 saturated heterocycles. The van der Waals surface area contributed by atoms with Crippen molar-refractivity contribution in [2.75, 3.05) is 11.9 Å². The predicted octanol–water partition coefficient (Wildman–Crippen LogP) is 3.65. The lowest BCUT2D eigenvalue weighted by Gasteiger charge is -2.15. The second-order valence-electron chi connectivity index (χ2n) is 5.48. The molecule has 0 atom stereocenters. The highest BCUT2D eigenvalue weighted by Gasteiger charge is 2.21. The van der Waals surface area contributed by atoms with E-state index < -0.39 is 0 Å². The van der Waals surface area contributed by atoms with Gasteiger partial charge in [0.15, 0.2) is 0 Å². The number of carbonyl (C=O) groups is 1. The second kappa shape index (κ2) is 6.64. The Morgan fingerprint density at radius 1 is 1.32 bits per heavy atom. The molecule has 1 aliphatic carbocycles. The maximum atomic E-state index is 12.5. The Morgan fingerprint density at radius 2 is 2.09 bits per heavy atom. The number of anilines is 1. The van der Waals surface area contributed by atoms with Gasteiger partial charge in [-0.1, -0.05) is 25.0 Å². The Balaban J connectivity index is 1.79. The first kappa shape index (κ1) is 14.6. The van der Waals surface area contributed by atoms with Crippen LogP contribution in [0.2, 0.25) is 0 Å². The molecule has 0 unspecified atom stereocenters. The maximum absolute atomic E-state index is 12.5. The minimum atomic E-state index is -0.163. The van der Waals surface area contributed by atoms with Crippen LogP contribution in [0.5, 0.6) is 5.75 Å². The summed E-state index contributed by atoms with van der Waals surface area (Å²) in [4.78, 5) is 12.5. The van der Waals surface area contributed by atoms with E-state index in [1.807, 2.05) is 35.9 Å². The highest BCUT2D eigenvalue weighted by molar-refractivity contribution is 6.05. The number of benzene rings is 1. The lowest BCUT2D eigenvalue weighted by Crippen LogP contribution is -2.18. The van der Waals surface area contributed by atoms with Crippen LogP contribution in [0.15, 0.2) is 36.5 Å². The van der Waals surface area contributed by atoms with Crippen LogP contribution in [0.3, 0.4) is 0 Å². The number of rotatable bonds is 5. The van der Waals surface area contributed by atoms with Crippen molar-refractivity contribution in [1.29, 1.82) is 0 Å². The molecule has 3 rings (SSSR count). The Labute approximate surface area is 130 Å². The van der Waals surface area contributed by atoms with Crippen LogP contribution in [0, 0.1) is 0 Å². The molecule has 1 aliphatic rings. The van der Waals surface area contributed by atoms with Crippen molar-refractivity contribution in [2.45, 2.75) is 38.6 Å². The summed E-state index contributed by atoms with van der Waals surface area (Å²) in [5.41, 5.74) is 0.545. The van der Waals surface area contributed by atoms with Gasteiger partial charge in [-0.2, -0.15) is 5.10 Å². The largest absolute Gasteiger partial charge is 0.493 e. The molecule has 5 heteroatoms. The van der Waals surface area contributed by atoms with Gasteiger partial charge in [0.05, 0.1) is 24.4 Å². The second-order valence-corrected chi connectivity index (χ2v) is 5.48. The summed E-state index contributed by atoms with van der Waals surface area (Å²) >= 11 is 0. The van der Waals surface area contributed by atoms with E-state index >= 15 is 0 Å². The van der Waals surface area contributed by atoms with Gasteiger partial charge < -0.3 is 10.1 Å². The molecule has 1 N–H and O–H groups in total. The normalized spacial score (nSPS) is 15.0. The van der Waals surface area contributed by atoms with E-state index in [1.165, 1.54) is 12.8 Å². The smallest absolute Gasteiger partial charge is 0.260 e. The monoisotopic (exact) mass is 299 g/mol. The number of nitrogens with one attached hydrogen (secondary N) is 1. The van der Waals surface area contributed by atoms with Crippen LogP contribution in [0.25, 0.3) is 0 Å². The Hall–Kier alpha value is -2.30. The molecule has 2 aromatic rings. The Morgan fingerprint density at radius 3 is 2.86 bits per heavy atom. The quantitative estimate of drug-likeness (QED) is 0.917. The Bertz CT molecular complexity index is 645. The summed E-state index contributed by atoms with van der Waals surface area (Å²) in [6.45, 7) is 2.44. The molecule has 1 heterocycles. The van der Waals surface area contributed by atoms with E-state index in [-0.39, 0.29) is 5.91 Å². The number of ether oxygens (including phenoxy) is 1. The molecule has 0 spiro atoms. The van der Waals surface area contributed by atoms with Crippen molar-refractivity contribution in [2.24, 2.45) is 0 Å². The third-order valence-corrected chi connectivity index (χ3v) is 4.01. The van der Waals surface area contributed by atoms with Gasteiger partial charge in [-0.15, -0.1) is 0 Å². The molecule has 1 amide bonds. The summed E-state index contributed by atoms with van der Waals surface area (Å²) in [6, 6.07) is 9.53. The van der Waals surface area contributed by atoms with Gasteiger partial charge in [0.1, 0.15) is 11.6 Å². The van der Waals surface area contributed by atoms with Crippen molar-refractivity contribution < 1.29 is 9.53 Å². The number of carbonyl (C=O) groups excluding carboxylic acids is 1. The van der Waals surface area contributed by atoms with Crippen molar-refractivity contribution >= 4 is 11.7 Å². The molecule has 0 bridgehead atoms. The zero-order valence-electron chi connectivity index (χ0n) is 12.8. The van der Waals surface area contributed by atoms with Gasteiger partial charge in [-0.05, 0) is 31.9 Å². The van der Waals surface area contributed by atoms with E-state index in [0.29, 0.717) is 24.0 Å². The first-order chi connectivity index (χ1) is 10.8. The van der Waals surface area contributed by atoms with Crippen molar-refractivity contribution in [3.8, 4) is 5.75 Å². The van der Waals surface area contributed by atoms with Crippen molar-refractivity contribution in [3.05, 3.63) is 42.1 Å². The number of hydrogen-bond donors (Lipinski definition) is 1. The maximum Gasteiger partial charge on any atom is 0.260 e. The standard InChI is InChI=1S/C17H21N3O2/c1-2-22-15-10-6-5-9-14(15)17(21)19-16-11-12-18-20(16)13-7-3-4-8-13/h5-6,9-13H,2-4,7-8H2,1H3,(H,19,21). The molecular weight excluding hydrogens is 278 g/mol. The number of amides is 1. The number of nitrogens with zero attached hydrogens (tertiary/aromatic N) is 2. The minimum Gasteiger partial charge on any atom is -0.493 e. The molecule has 116 valence electrons. The molecular formula is C17H21N3O2. The summed E-state index contributed by atoms with van der Waals surface area (Å²) < 4.78 is 7.46. The number of aromatic nitrogens is 2. The highest BCUT2D eigenvalue weighted by Crippen LogP contribution is 2.31. The summed E-state index contributed by atoms with van der Waals surface area (Å²) in [7, 11) is 0. The van der Waals surface area contributed by atoms with Crippen LogP contribution in [0.4, 0.5) is 5.82 Å². The number of para-hydroxylation sites is 1. The lowest BCUT2D eigenvalue weighted by atomic mass is 10.2. The fraction of sp³-hybridized carbons (Fsp3) is 0.412. The molecule has 1 aromatic heterocycles. The topological polar surface area (TPSA) is 56.1 Å². The van der Waals surface area contributed by atoms with Crippen molar-refractivity contribution in [1.82, 2.24) is 9.78 Å². The molecule has 1 fully saturated rings. The van der Waals surface area contributed by atoms with Gasteiger partial charge in [0, 0.05) is 6.07 Å². The SMILES string of the molecule is CCOc1ccccc1C(=O)Nc1ccnn1C1CCCC1. The van der Waals surface area contributed by atoms with Crippen molar-refractivity contribution in [3.63, 3.8) is 0 Å². The molecule has 22 heavy (non-hydrogen) atoms. The van der Waals surface area contributed by atoms with Crippen LogP contribution < -0.4 is 10.1 Å². The molecule has 5 nitrogen and oxygen atoms in total. The number of hydrogen-bond acceptors (Lipinski definition) is 3. The fourth-order valence-electron chi connectivity index (χ4n) is 2.97. The van der Waals surface area contributed by atoms with E-state index in [4.69, 9.17) is 4.74 Å². The molecule has 1 aromatic carbocycles. The first-order valence-corrected chi connectivity index (χ1v) is 7.86. The van der Waals surface area contributed by atoms with Gasteiger partial charge in [-0.25, -0.2) is 4.68 Å². The van der Waals surface area contributed by atoms with Crippen LogP contribution in [0.1, 0.15) is 49.0 Å². The third-order valence-electron chi connectivity index (χ3n) is 4.01. The summed E-state index contributed by atoms with van der Waals surface area (Å²) in [6.07, 6.45) is 6.44. The molecule has 0 aliphatic heterocycles. The van der Waals surface area contributed by atoms with Gasteiger partial charge in [0.25, 0.3) is 5.91 Å². The first-order valence-electron chi connectivity index (χ1n) is 7.86. The average molecular weight is 299 g/mol. The Kier molecular flexibility index (Phi) is 4.42. The van der Waals surface area contributed by atoms with Crippen LogP contribution >= 0.6 is 0 Å². The van der Waals surface area contributed by atoms with Gasteiger partial charge >= 0.3 is 0 Å². The zero-order chi connectivity index (χ0) is 15.4. The van der Waals surface area contributed by atoms with E-state index in [9.17, 15) is 4.79 Å². The van der Waals surface area contributed by atoms with E-state index in [2.05, 4.69) is 10.4 Å². The predicted molar refractivity (Wildman–Crippen MR) is 85.3 cm³/mol. The zero-order valence-corrected chi connectivity index (χ0v) is 12.8.